The van der Waals surface area contributed by atoms with Gasteiger partial charge < -0.3 is 15.4 Å². The van der Waals surface area contributed by atoms with E-state index in [1.54, 1.807) is 0 Å². The zero-order chi connectivity index (χ0) is 16.7. The van der Waals surface area contributed by atoms with E-state index in [1.165, 1.54) is 25.7 Å². The molecule has 1 aliphatic heterocycles. The average molecular weight is 325 g/mol. The van der Waals surface area contributed by atoms with E-state index in [4.69, 9.17) is 4.74 Å². The van der Waals surface area contributed by atoms with Crippen LogP contribution in [0.3, 0.4) is 0 Å². The van der Waals surface area contributed by atoms with Crippen molar-refractivity contribution in [3.05, 3.63) is 0 Å². The molecular weight excluding hydrogens is 288 g/mol. The van der Waals surface area contributed by atoms with E-state index in [0.717, 1.165) is 57.2 Å². The third-order valence-electron chi connectivity index (χ3n) is 5.60. The number of guanidine groups is 1. The molecule has 5 nitrogen and oxygen atoms in total. The molecule has 1 heterocycles. The summed E-state index contributed by atoms with van der Waals surface area (Å²) in [7, 11) is 1.86. The van der Waals surface area contributed by atoms with Crippen LogP contribution >= 0.6 is 0 Å². The summed E-state index contributed by atoms with van der Waals surface area (Å²) in [5.74, 6) is 2.55. The standard InChI is InChI=1S/C18H36N4O/c1-15-7-5-6-8-16(15)13-20-17(19-4)21-14-18(2,3)22-9-11-23-12-10-22/h15-16H,5-14H2,1-4H3,(H2,19,20,21). The minimum Gasteiger partial charge on any atom is -0.379 e. The summed E-state index contributed by atoms with van der Waals surface area (Å²) in [6, 6.07) is 0. The van der Waals surface area contributed by atoms with Gasteiger partial charge in [-0.05, 0) is 32.1 Å². The number of nitrogens with zero attached hydrogens (tertiary/aromatic N) is 2. The minimum absolute atomic E-state index is 0.111. The van der Waals surface area contributed by atoms with Gasteiger partial charge in [-0.25, -0.2) is 0 Å². The number of morpholine rings is 1. The molecule has 1 saturated heterocycles. The topological polar surface area (TPSA) is 48.9 Å². The predicted octanol–water partition coefficient (Wildman–Crippen LogP) is 2.09. The predicted molar refractivity (Wildman–Crippen MR) is 97.0 cm³/mol. The summed E-state index contributed by atoms with van der Waals surface area (Å²) in [6.45, 7) is 12.6. The molecule has 2 N–H and O–H groups in total. The highest BCUT2D eigenvalue weighted by Gasteiger charge is 2.28. The van der Waals surface area contributed by atoms with Crippen LogP contribution in [0.1, 0.15) is 46.5 Å². The maximum absolute atomic E-state index is 5.46. The van der Waals surface area contributed by atoms with E-state index in [1.807, 2.05) is 7.05 Å². The molecule has 0 bridgehead atoms. The lowest BCUT2D eigenvalue weighted by atomic mass is 9.80. The molecule has 1 saturated carbocycles. The molecule has 5 heteroatoms. The van der Waals surface area contributed by atoms with Crippen LogP contribution in [-0.4, -0.2) is 62.8 Å². The van der Waals surface area contributed by atoms with Crippen molar-refractivity contribution in [3.8, 4) is 0 Å². The second kappa shape index (κ2) is 8.88. The van der Waals surface area contributed by atoms with Gasteiger partial charge in [0.2, 0.25) is 0 Å². The summed E-state index contributed by atoms with van der Waals surface area (Å²) in [6.07, 6.45) is 5.51. The zero-order valence-electron chi connectivity index (χ0n) is 15.5. The molecule has 2 rings (SSSR count). The maximum atomic E-state index is 5.46. The van der Waals surface area contributed by atoms with Crippen molar-refractivity contribution in [1.29, 1.82) is 0 Å². The number of ether oxygens (including phenoxy) is 1. The van der Waals surface area contributed by atoms with Gasteiger partial charge in [0.15, 0.2) is 5.96 Å². The molecular formula is C18H36N4O. The van der Waals surface area contributed by atoms with Crippen LogP contribution in [0, 0.1) is 11.8 Å². The van der Waals surface area contributed by atoms with Crippen molar-refractivity contribution in [2.24, 2.45) is 16.8 Å². The average Bonchev–Trinajstić information content (AvgIpc) is 2.57. The third kappa shape index (κ3) is 5.64. The van der Waals surface area contributed by atoms with Crippen molar-refractivity contribution in [3.63, 3.8) is 0 Å². The second-order valence-corrected chi connectivity index (χ2v) is 7.74. The van der Waals surface area contributed by atoms with Gasteiger partial charge in [0, 0.05) is 38.8 Å². The monoisotopic (exact) mass is 324 g/mol. The number of hydrogen-bond donors (Lipinski definition) is 2. The third-order valence-corrected chi connectivity index (χ3v) is 5.60. The van der Waals surface area contributed by atoms with Crippen LogP contribution in [-0.2, 0) is 4.74 Å². The van der Waals surface area contributed by atoms with E-state index in [9.17, 15) is 0 Å². The first kappa shape index (κ1) is 18.5. The molecule has 2 atom stereocenters. The molecule has 2 unspecified atom stereocenters. The van der Waals surface area contributed by atoms with Gasteiger partial charge in [-0.3, -0.25) is 9.89 Å². The van der Waals surface area contributed by atoms with Gasteiger partial charge in [-0.15, -0.1) is 0 Å². The number of nitrogens with one attached hydrogen (secondary N) is 2. The van der Waals surface area contributed by atoms with Crippen molar-refractivity contribution in [2.45, 2.75) is 52.0 Å². The Kier molecular flexibility index (Phi) is 7.15. The van der Waals surface area contributed by atoms with E-state index in [2.05, 4.69) is 41.3 Å². The van der Waals surface area contributed by atoms with Crippen LogP contribution in [0.2, 0.25) is 0 Å². The van der Waals surface area contributed by atoms with Crippen LogP contribution in [0.25, 0.3) is 0 Å². The second-order valence-electron chi connectivity index (χ2n) is 7.74. The molecule has 23 heavy (non-hydrogen) atoms. The Morgan fingerprint density at radius 3 is 2.52 bits per heavy atom. The maximum Gasteiger partial charge on any atom is 0.191 e. The fraction of sp³-hybridized carbons (Fsp3) is 0.944. The van der Waals surface area contributed by atoms with Crippen LogP contribution in [0.15, 0.2) is 4.99 Å². The highest BCUT2D eigenvalue weighted by Crippen LogP contribution is 2.28. The highest BCUT2D eigenvalue weighted by atomic mass is 16.5. The Morgan fingerprint density at radius 1 is 1.17 bits per heavy atom. The largest absolute Gasteiger partial charge is 0.379 e. The Hall–Kier alpha value is -0.810. The summed E-state index contributed by atoms with van der Waals surface area (Å²) in [5, 5.41) is 7.06. The number of rotatable bonds is 5. The molecule has 0 spiro atoms. The Bertz CT molecular complexity index is 377. The Labute approximate surface area is 142 Å². The van der Waals surface area contributed by atoms with Gasteiger partial charge in [0.05, 0.1) is 13.2 Å². The summed E-state index contributed by atoms with van der Waals surface area (Å²) >= 11 is 0. The van der Waals surface area contributed by atoms with Gasteiger partial charge >= 0.3 is 0 Å². The van der Waals surface area contributed by atoms with E-state index >= 15 is 0 Å². The summed E-state index contributed by atoms with van der Waals surface area (Å²) in [4.78, 5) is 6.90. The Morgan fingerprint density at radius 2 is 1.87 bits per heavy atom. The Balaban J connectivity index is 1.75. The fourth-order valence-corrected chi connectivity index (χ4v) is 3.73. The van der Waals surface area contributed by atoms with Crippen molar-refractivity contribution in [2.75, 3.05) is 46.4 Å². The molecule has 2 aliphatic rings. The number of hydrogen-bond acceptors (Lipinski definition) is 3. The quantitative estimate of drug-likeness (QED) is 0.600. The van der Waals surface area contributed by atoms with E-state index in [0.29, 0.717) is 0 Å². The molecule has 0 radical (unpaired) electrons. The fourth-order valence-electron chi connectivity index (χ4n) is 3.73. The van der Waals surface area contributed by atoms with Crippen molar-refractivity contribution >= 4 is 5.96 Å². The normalized spacial score (nSPS) is 27.7. The molecule has 1 aliphatic carbocycles. The lowest BCUT2D eigenvalue weighted by Gasteiger charge is -2.41. The van der Waals surface area contributed by atoms with Crippen molar-refractivity contribution in [1.82, 2.24) is 15.5 Å². The lowest BCUT2D eigenvalue weighted by Crippen LogP contribution is -2.56. The molecule has 0 aromatic heterocycles. The summed E-state index contributed by atoms with van der Waals surface area (Å²) < 4.78 is 5.46. The van der Waals surface area contributed by atoms with E-state index in [-0.39, 0.29) is 5.54 Å². The smallest absolute Gasteiger partial charge is 0.191 e. The van der Waals surface area contributed by atoms with Gasteiger partial charge in [0.1, 0.15) is 0 Å². The molecule has 2 fully saturated rings. The van der Waals surface area contributed by atoms with Crippen molar-refractivity contribution < 1.29 is 4.74 Å². The van der Waals surface area contributed by atoms with Crippen LogP contribution in [0.5, 0.6) is 0 Å². The first-order valence-corrected chi connectivity index (χ1v) is 9.30. The van der Waals surface area contributed by atoms with Gasteiger partial charge in [0.25, 0.3) is 0 Å². The lowest BCUT2D eigenvalue weighted by molar-refractivity contribution is -0.00834. The SMILES string of the molecule is CN=C(NCC1CCCCC1C)NCC(C)(C)N1CCOCC1. The summed E-state index contributed by atoms with van der Waals surface area (Å²) in [5.41, 5.74) is 0.111. The minimum atomic E-state index is 0.111. The number of aliphatic imine (C=N–C) groups is 1. The molecule has 0 aromatic carbocycles. The van der Waals surface area contributed by atoms with Crippen LogP contribution < -0.4 is 10.6 Å². The molecule has 0 aromatic rings. The first-order chi connectivity index (χ1) is 11.0. The molecule has 134 valence electrons. The van der Waals surface area contributed by atoms with E-state index < -0.39 is 0 Å². The van der Waals surface area contributed by atoms with Gasteiger partial charge in [-0.2, -0.15) is 0 Å². The van der Waals surface area contributed by atoms with Crippen LogP contribution in [0.4, 0.5) is 0 Å². The first-order valence-electron chi connectivity index (χ1n) is 9.30. The van der Waals surface area contributed by atoms with Gasteiger partial charge in [-0.1, -0.05) is 26.2 Å². The zero-order valence-corrected chi connectivity index (χ0v) is 15.5. The highest BCUT2D eigenvalue weighted by molar-refractivity contribution is 5.79. The molecule has 0 amide bonds.